The van der Waals surface area contributed by atoms with E-state index in [1.807, 2.05) is 0 Å². The molecule has 3 heterocycles. The fourth-order valence-corrected chi connectivity index (χ4v) is 3.64. The standard InChI is InChI=1S/C10H14N6O2S/c1-14-7-10(11-8-14)19(17,18)16-5-9(6-16)4-15-3-2-12-13-15/h2-3,7-9H,4-6H2,1H3. The molecule has 0 bridgehead atoms. The Kier molecular flexibility index (Phi) is 2.86. The van der Waals surface area contributed by atoms with Gasteiger partial charge in [0.1, 0.15) is 0 Å². The summed E-state index contributed by atoms with van der Waals surface area (Å²) in [6.07, 6.45) is 6.39. The minimum absolute atomic E-state index is 0.106. The van der Waals surface area contributed by atoms with Gasteiger partial charge < -0.3 is 4.57 Å². The van der Waals surface area contributed by atoms with Crippen LogP contribution in [0.1, 0.15) is 0 Å². The van der Waals surface area contributed by atoms with Gasteiger partial charge in [-0.15, -0.1) is 5.10 Å². The Bertz CT molecular complexity index is 656. The molecule has 8 nitrogen and oxygen atoms in total. The minimum atomic E-state index is -3.44. The van der Waals surface area contributed by atoms with Crippen LogP contribution in [0.5, 0.6) is 0 Å². The minimum Gasteiger partial charge on any atom is -0.339 e. The van der Waals surface area contributed by atoms with Gasteiger partial charge in [0.05, 0.1) is 12.5 Å². The smallest absolute Gasteiger partial charge is 0.262 e. The van der Waals surface area contributed by atoms with E-state index in [0.717, 1.165) is 0 Å². The van der Waals surface area contributed by atoms with Gasteiger partial charge in [-0.25, -0.2) is 13.4 Å². The molecule has 1 aliphatic rings. The van der Waals surface area contributed by atoms with Crippen molar-refractivity contribution in [2.75, 3.05) is 13.1 Å². The van der Waals surface area contributed by atoms with Gasteiger partial charge in [0.15, 0.2) is 5.03 Å². The summed E-state index contributed by atoms with van der Waals surface area (Å²) in [7, 11) is -1.69. The zero-order valence-corrected chi connectivity index (χ0v) is 11.2. The molecule has 19 heavy (non-hydrogen) atoms. The summed E-state index contributed by atoms with van der Waals surface area (Å²) in [5, 5.41) is 7.70. The molecule has 2 aromatic heterocycles. The lowest BCUT2D eigenvalue weighted by molar-refractivity contribution is 0.173. The van der Waals surface area contributed by atoms with Crippen LogP contribution in [0.25, 0.3) is 0 Å². The molecule has 0 N–H and O–H groups in total. The largest absolute Gasteiger partial charge is 0.339 e. The van der Waals surface area contributed by atoms with Crippen molar-refractivity contribution < 1.29 is 8.42 Å². The van der Waals surface area contributed by atoms with Gasteiger partial charge >= 0.3 is 0 Å². The molecule has 1 saturated heterocycles. The van der Waals surface area contributed by atoms with Crippen molar-refractivity contribution in [1.82, 2.24) is 28.9 Å². The summed E-state index contributed by atoms with van der Waals surface area (Å²) >= 11 is 0. The molecule has 0 radical (unpaired) electrons. The highest BCUT2D eigenvalue weighted by Gasteiger charge is 2.37. The number of aryl methyl sites for hydroxylation is 1. The van der Waals surface area contributed by atoms with E-state index in [4.69, 9.17) is 0 Å². The molecule has 0 aromatic carbocycles. The van der Waals surface area contributed by atoms with Crippen molar-refractivity contribution >= 4 is 10.0 Å². The van der Waals surface area contributed by atoms with Crippen LogP contribution in [0.4, 0.5) is 0 Å². The fraction of sp³-hybridized carbons (Fsp3) is 0.500. The number of sulfonamides is 1. The average molecular weight is 282 g/mol. The van der Waals surface area contributed by atoms with Crippen LogP contribution in [0.2, 0.25) is 0 Å². The summed E-state index contributed by atoms with van der Waals surface area (Å²) in [6.45, 7) is 1.69. The molecule has 0 aliphatic carbocycles. The van der Waals surface area contributed by atoms with Crippen molar-refractivity contribution in [2.45, 2.75) is 11.6 Å². The average Bonchev–Trinajstić information content (AvgIpc) is 2.93. The molecule has 0 amide bonds. The molecule has 9 heteroatoms. The Balaban J connectivity index is 1.64. The molecule has 2 aromatic rings. The van der Waals surface area contributed by atoms with Crippen molar-refractivity contribution in [3.05, 3.63) is 24.9 Å². The van der Waals surface area contributed by atoms with Gasteiger partial charge in [-0.1, -0.05) is 5.21 Å². The fourth-order valence-electron chi connectivity index (χ4n) is 2.08. The van der Waals surface area contributed by atoms with Crippen molar-refractivity contribution in [3.63, 3.8) is 0 Å². The SMILES string of the molecule is Cn1cnc(S(=O)(=O)N2CC(Cn3ccnn3)C2)c1. The van der Waals surface area contributed by atoms with Crippen LogP contribution in [0.15, 0.2) is 29.9 Å². The van der Waals surface area contributed by atoms with Gasteiger partial charge in [0.2, 0.25) is 0 Å². The zero-order chi connectivity index (χ0) is 13.5. The van der Waals surface area contributed by atoms with Gasteiger partial charge in [-0.2, -0.15) is 4.31 Å². The Morgan fingerprint density at radius 2 is 2.21 bits per heavy atom. The number of hydrogen-bond donors (Lipinski definition) is 0. The second-order valence-electron chi connectivity index (χ2n) is 4.69. The lowest BCUT2D eigenvalue weighted by Gasteiger charge is -2.37. The second kappa shape index (κ2) is 4.42. The van der Waals surface area contributed by atoms with Crippen LogP contribution >= 0.6 is 0 Å². The van der Waals surface area contributed by atoms with Gasteiger partial charge in [0.25, 0.3) is 10.0 Å². The monoisotopic (exact) mass is 282 g/mol. The lowest BCUT2D eigenvalue weighted by Crippen LogP contribution is -2.51. The molecule has 0 spiro atoms. The number of rotatable bonds is 4. The van der Waals surface area contributed by atoms with Crippen molar-refractivity contribution in [3.8, 4) is 0 Å². The normalized spacial score (nSPS) is 17.5. The predicted molar refractivity (Wildman–Crippen MR) is 65.5 cm³/mol. The first-order valence-corrected chi connectivity index (χ1v) is 7.32. The molecular formula is C10H14N6O2S. The third-order valence-electron chi connectivity index (χ3n) is 3.13. The van der Waals surface area contributed by atoms with Crippen molar-refractivity contribution in [1.29, 1.82) is 0 Å². The molecule has 1 aliphatic heterocycles. The van der Waals surface area contributed by atoms with E-state index in [9.17, 15) is 8.42 Å². The number of aromatic nitrogens is 5. The maximum absolute atomic E-state index is 12.2. The molecular weight excluding hydrogens is 268 g/mol. The number of nitrogens with zero attached hydrogens (tertiary/aromatic N) is 6. The highest BCUT2D eigenvalue weighted by atomic mass is 32.2. The molecule has 0 saturated carbocycles. The highest BCUT2D eigenvalue weighted by Crippen LogP contribution is 2.24. The van der Waals surface area contributed by atoms with Crippen molar-refractivity contribution in [2.24, 2.45) is 13.0 Å². The van der Waals surface area contributed by atoms with E-state index >= 15 is 0 Å². The summed E-state index contributed by atoms with van der Waals surface area (Å²) in [6, 6.07) is 0. The summed E-state index contributed by atoms with van der Waals surface area (Å²) < 4.78 is 29.2. The van der Waals surface area contributed by atoms with E-state index in [-0.39, 0.29) is 10.9 Å². The van der Waals surface area contributed by atoms with Crippen LogP contribution in [0.3, 0.4) is 0 Å². The third kappa shape index (κ3) is 2.26. The maximum atomic E-state index is 12.2. The molecule has 1 fully saturated rings. The van der Waals surface area contributed by atoms with Crippen LogP contribution < -0.4 is 0 Å². The van der Waals surface area contributed by atoms with Gasteiger partial charge in [-0.3, -0.25) is 4.68 Å². The van der Waals surface area contributed by atoms with Gasteiger partial charge in [-0.05, 0) is 0 Å². The quantitative estimate of drug-likeness (QED) is 0.742. The zero-order valence-electron chi connectivity index (χ0n) is 10.4. The predicted octanol–water partition coefficient (Wildman–Crippen LogP) is -0.668. The second-order valence-corrected chi connectivity index (χ2v) is 6.58. The topological polar surface area (TPSA) is 85.9 Å². The Labute approximate surface area is 110 Å². The van der Waals surface area contributed by atoms with E-state index in [2.05, 4.69) is 15.3 Å². The molecule has 102 valence electrons. The van der Waals surface area contributed by atoms with Crippen LogP contribution in [-0.2, 0) is 23.6 Å². The first-order chi connectivity index (χ1) is 9.05. The molecule has 3 rings (SSSR count). The van der Waals surface area contributed by atoms with E-state index in [1.165, 1.54) is 16.8 Å². The van der Waals surface area contributed by atoms with Crippen LogP contribution in [-0.4, -0.2) is 50.4 Å². The first-order valence-electron chi connectivity index (χ1n) is 5.88. The van der Waals surface area contributed by atoms with E-state index in [0.29, 0.717) is 19.6 Å². The van der Waals surface area contributed by atoms with Crippen LogP contribution in [0, 0.1) is 5.92 Å². The Morgan fingerprint density at radius 1 is 1.42 bits per heavy atom. The van der Waals surface area contributed by atoms with E-state index < -0.39 is 10.0 Å². The highest BCUT2D eigenvalue weighted by molar-refractivity contribution is 7.89. The summed E-state index contributed by atoms with van der Waals surface area (Å²) in [5.41, 5.74) is 0. The molecule has 0 unspecified atom stereocenters. The Hall–Kier alpha value is -1.74. The third-order valence-corrected chi connectivity index (χ3v) is 4.84. The summed E-state index contributed by atoms with van der Waals surface area (Å²) in [4.78, 5) is 3.90. The number of imidazole rings is 1. The van der Waals surface area contributed by atoms with E-state index in [1.54, 1.807) is 28.7 Å². The first kappa shape index (κ1) is 12.3. The maximum Gasteiger partial charge on any atom is 0.262 e. The van der Waals surface area contributed by atoms with Gasteiger partial charge in [0, 0.05) is 45.0 Å². The number of hydrogen-bond acceptors (Lipinski definition) is 5. The Morgan fingerprint density at radius 3 is 2.79 bits per heavy atom. The summed E-state index contributed by atoms with van der Waals surface area (Å²) in [5.74, 6) is 0.278. The lowest BCUT2D eigenvalue weighted by atomic mass is 10.0. The molecule has 0 atom stereocenters.